The van der Waals surface area contributed by atoms with Crippen molar-refractivity contribution in [3.63, 3.8) is 0 Å². The summed E-state index contributed by atoms with van der Waals surface area (Å²) < 4.78 is 25.1. The van der Waals surface area contributed by atoms with Crippen LogP contribution in [0, 0.1) is 5.82 Å². The Morgan fingerprint density at radius 2 is 1.77 bits per heavy atom. The topological polar surface area (TPSA) is 38.8 Å². The molecule has 0 aliphatic carbocycles. The molecular weight excluding hydrogens is 381 g/mol. The van der Waals surface area contributed by atoms with E-state index < -0.39 is 0 Å². The first kappa shape index (κ1) is 19.7. The monoisotopic (exact) mass is 403 g/mol. The number of halogens is 1. The predicted molar refractivity (Wildman–Crippen MR) is 116 cm³/mol. The normalized spacial score (nSPS) is 14.2. The van der Waals surface area contributed by atoms with Gasteiger partial charge in [0.25, 0.3) is 5.91 Å². The van der Waals surface area contributed by atoms with Crippen LogP contribution < -0.4 is 14.4 Å². The third-order valence-corrected chi connectivity index (χ3v) is 5.12. The van der Waals surface area contributed by atoms with Crippen LogP contribution in [0.4, 0.5) is 10.1 Å². The van der Waals surface area contributed by atoms with Gasteiger partial charge in [-0.2, -0.15) is 0 Å². The minimum absolute atomic E-state index is 0.0162. The fourth-order valence-corrected chi connectivity index (χ4v) is 3.59. The Morgan fingerprint density at radius 1 is 1.00 bits per heavy atom. The summed E-state index contributed by atoms with van der Waals surface area (Å²) in [6.07, 6.45) is 1.86. The molecule has 0 fully saturated rings. The Morgan fingerprint density at radius 3 is 2.53 bits per heavy atom. The quantitative estimate of drug-likeness (QED) is 0.523. The second kappa shape index (κ2) is 8.41. The number of amides is 1. The standard InChI is InChI=1S/C25H22FNO3/c1-3-27-22-11-7-5-9-19(22)20(25(27)28)14-17-12-13-23(24(15-17)29-2)30-16-18-8-4-6-10-21(18)26/h4-15H,3,16H2,1-2H3/b20-14-. The summed E-state index contributed by atoms with van der Waals surface area (Å²) in [6.45, 7) is 2.67. The van der Waals surface area contributed by atoms with Crippen molar-refractivity contribution in [1.82, 2.24) is 0 Å². The minimum Gasteiger partial charge on any atom is -0.493 e. The van der Waals surface area contributed by atoms with Gasteiger partial charge in [0.1, 0.15) is 12.4 Å². The van der Waals surface area contributed by atoms with Gasteiger partial charge in [-0.25, -0.2) is 4.39 Å². The molecular formula is C25H22FNO3. The van der Waals surface area contributed by atoms with Crippen LogP contribution in [0.3, 0.4) is 0 Å². The maximum atomic E-state index is 13.8. The van der Waals surface area contributed by atoms with E-state index in [1.807, 2.05) is 49.4 Å². The fourth-order valence-electron chi connectivity index (χ4n) is 3.59. The van der Waals surface area contributed by atoms with Crippen LogP contribution in [-0.2, 0) is 11.4 Å². The summed E-state index contributed by atoms with van der Waals surface area (Å²) in [5.74, 6) is 0.706. The Balaban J connectivity index is 1.62. The Labute approximate surface area is 175 Å². The first-order valence-electron chi connectivity index (χ1n) is 9.79. The van der Waals surface area contributed by atoms with Gasteiger partial charge in [-0.05, 0) is 42.8 Å². The van der Waals surface area contributed by atoms with E-state index in [4.69, 9.17) is 9.47 Å². The lowest BCUT2D eigenvalue weighted by atomic mass is 10.0. The Bertz CT molecular complexity index is 1120. The third kappa shape index (κ3) is 3.66. The summed E-state index contributed by atoms with van der Waals surface area (Å²) in [6, 6.07) is 19.7. The zero-order valence-corrected chi connectivity index (χ0v) is 16.9. The number of ether oxygens (including phenoxy) is 2. The number of rotatable bonds is 6. The molecule has 0 aromatic heterocycles. The Hall–Kier alpha value is -3.60. The van der Waals surface area contributed by atoms with E-state index in [0.717, 1.165) is 16.8 Å². The van der Waals surface area contributed by atoms with Gasteiger partial charge in [-0.1, -0.05) is 42.5 Å². The largest absolute Gasteiger partial charge is 0.493 e. The predicted octanol–water partition coefficient (Wildman–Crippen LogP) is 5.32. The molecule has 30 heavy (non-hydrogen) atoms. The van der Waals surface area contributed by atoms with E-state index >= 15 is 0 Å². The van der Waals surface area contributed by atoms with Gasteiger partial charge in [-0.3, -0.25) is 4.79 Å². The van der Waals surface area contributed by atoms with Crippen LogP contribution in [0.5, 0.6) is 11.5 Å². The number of fused-ring (bicyclic) bond motifs is 1. The molecule has 5 heteroatoms. The molecule has 0 bridgehead atoms. The number of carbonyl (C=O) groups is 1. The van der Waals surface area contributed by atoms with Crippen LogP contribution in [0.1, 0.15) is 23.6 Å². The summed E-state index contributed by atoms with van der Waals surface area (Å²) >= 11 is 0. The number of likely N-dealkylation sites (N-methyl/N-ethyl adjacent to an activating group) is 1. The smallest absolute Gasteiger partial charge is 0.258 e. The van der Waals surface area contributed by atoms with Crippen LogP contribution in [-0.4, -0.2) is 19.6 Å². The summed E-state index contributed by atoms with van der Waals surface area (Å²) in [5.41, 5.74) is 3.78. The lowest BCUT2D eigenvalue weighted by Gasteiger charge is -2.13. The van der Waals surface area contributed by atoms with Crippen LogP contribution >= 0.6 is 0 Å². The van der Waals surface area contributed by atoms with E-state index in [-0.39, 0.29) is 18.3 Å². The minimum atomic E-state index is -0.309. The highest BCUT2D eigenvalue weighted by molar-refractivity contribution is 6.35. The van der Waals surface area contributed by atoms with Crippen molar-refractivity contribution in [3.05, 3.63) is 89.2 Å². The van der Waals surface area contributed by atoms with E-state index in [2.05, 4.69) is 0 Å². The molecule has 4 nitrogen and oxygen atoms in total. The molecule has 1 amide bonds. The molecule has 0 saturated carbocycles. The van der Waals surface area contributed by atoms with E-state index in [1.54, 1.807) is 36.3 Å². The molecule has 1 aliphatic heterocycles. The molecule has 0 spiro atoms. The van der Waals surface area contributed by atoms with Crippen molar-refractivity contribution >= 4 is 23.2 Å². The Kier molecular flexibility index (Phi) is 5.53. The number of nitrogens with zero attached hydrogens (tertiary/aromatic N) is 1. The molecule has 0 saturated heterocycles. The second-order valence-electron chi connectivity index (χ2n) is 6.91. The number of methoxy groups -OCH3 is 1. The lowest BCUT2D eigenvalue weighted by Crippen LogP contribution is -2.25. The summed E-state index contributed by atoms with van der Waals surface area (Å²) in [7, 11) is 1.55. The highest BCUT2D eigenvalue weighted by atomic mass is 19.1. The van der Waals surface area contributed by atoms with Crippen molar-refractivity contribution < 1.29 is 18.7 Å². The van der Waals surface area contributed by atoms with Crippen molar-refractivity contribution in [2.45, 2.75) is 13.5 Å². The summed E-state index contributed by atoms with van der Waals surface area (Å²) in [4.78, 5) is 14.6. The van der Waals surface area contributed by atoms with Crippen molar-refractivity contribution in [1.29, 1.82) is 0 Å². The number of hydrogen-bond acceptors (Lipinski definition) is 3. The molecule has 3 aromatic rings. The number of para-hydroxylation sites is 1. The molecule has 0 N–H and O–H groups in total. The maximum Gasteiger partial charge on any atom is 0.258 e. The molecule has 0 radical (unpaired) electrons. The highest BCUT2D eigenvalue weighted by Gasteiger charge is 2.30. The zero-order chi connectivity index (χ0) is 21.1. The van der Waals surface area contributed by atoms with Crippen molar-refractivity contribution in [2.24, 2.45) is 0 Å². The number of anilines is 1. The van der Waals surface area contributed by atoms with Crippen molar-refractivity contribution in [3.8, 4) is 11.5 Å². The van der Waals surface area contributed by atoms with E-state index in [0.29, 0.717) is 29.2 Å². The fraction of sp³-hybridized carbons (Fsp3) is 0.160. The van der Waals surface area contributed by atoms with Gasteiger partial charge >= 0.3 is 0 Å². The lowest BCUT2D eigenvalue weighted by molar-refractivity contribution is -0.112. The third-order valence-electron chi connectivity index (χ3n) is 5.12. The molecule has 1 aliphatic rings. The van der Waals surface area contributed by atoms with Crippen LogP contribution in [0.15, 0.2) is 66.7 Å². The maximum absolute atomic E-state index is 13.8. The number of carbonyl (C=O) groups excluding carboxylic acids is 1. The van der Waals surface area contributed by atoms with Gasteiger partial charge < -0.3 is 14.4 Å². The average molecular weight is 403 g/mol. The molecule has 0 unspecified atom stereocenters. The van der Waals surface area contributed by atoms with Crippen LogP contribution in [0.2, 0.25) is 0 Å². The van der Waals surface area contributed by atoms with Crippen LogP contribution in [0.25, 0.3) is 11.6 Å². The average Bonchev–Trinajstić information content (AvgIpc) is 3.04. The SMILES string of the molecule is CCN1C(=O)/C(=C\c2ccc(OCc3ccccc3F)c(OC)c2)c2ccccc21. The summed E-state index contributed by atoms with van der Waals surface area (Å²) in [5, 5.41) is 0. The molecule has 3 aromatic carbocycles. The van der Waals surface area contributed by atoms with Gasteiger partial charge in [-0.15, -0.1) is 0 Å². The molecule has 152 valence electrons. The van der Waals surface area contributed by atoms with E-state index in [1.165, 1.54) is 6.07 Å². The zero-order valence-electron chi connectivity index (χ0n) is 16.9. The first-order chi connectivity index (χ1) is 14.6. The molecule has 4 rings (SSSR count). The second-order valence-corrected chi connectivity index (χ2v) is 6.91. The molecule has 1 heterocycles. The molecule has 0 atom stereocenters. The van der Waals surface area contributed by atoms with Gasteiger partial charge in [0.05, 0.1) is 12.8 Å². The van der Waals surface area contributed by atoms with Crippen molar-refractivity contribution in [2.75, 3.05) is 18.6 Å². The number of hydrogen-bond donors (Lipinski definition) is 0. The first-order valence-corrected chi connectivity index (χ1v) is 9.79. The van der Waals surface area contributed by atoms with Gasteiger partial charge in [0, 0.05) is 23.2 Å². The highest BCUT2D eigenvalue weighted by Crippen LogP contribution is 2.38. The van der Waals surface area contributed by atoms with Gasteiger partial charge in [0.15, 0.2) is 11.5 Å². The number of benzene rings is 3. The van der Waals surface area contributed by atoms with E-state index in [9.17, 15) is 9.18 Å². The van der Waals surface area contributed by atoms with Gasteiger partial charge in [0.2, 0.25) is 0 Å².